The van der Waals surface area contributed by atoms with Crippen molar-refractivity contribution in [2.45, 2.75) is 13.0 Å². The lowest BCUT2D eigenvalue weighted by atomic mass is 10.2. The van der Waals surface area contributed by atoms with E-state index in [4.69, 9.17) is 14.2 Å². The van der Waals surface area contributed by atoms with Crippen molar-refractivity contribution >= 4 is 15.9 Å². The van der Waals surface area contributed by atoms with E-state index < -0.39 is 13.0 Å². The third kappa shape index (κ3) is 5.60. The van der Waals surface area contributed by atoms with Crippen LogP contribution in [0, 0.1) is 0 Å². The van der Waals surface area contributed by atoms with Gasteiger partial charge in [-0.15, -0.1) is 0 Å². The molecule has 0 atom stereocenters. The third-order valence-corrected chi connectivity index (χ3v) is 3.27. The Hall–Kier alpha value is -0.920. The van der Waals surface area contributed by atoms with Crippen molar-refractivity contribution in [2.75, 3.05) is 34.0 Å². The number of methoxy groups -OCH3 is 2. The first-order valence-corrected chi connectivity index (χ1v) is 6.84. The molecule has 0 saturated heterocycles. The lowest BCUT2D eigenvalue weighted by Gasteiger charge is -2.12. The zero-order valence-corrected chi connectivity index (χ0v) is 13.0. The maximum Gasteiger partial charge on any atom is 0.261 e. The van der Waals surface area contributed by atoms with Crippen molar-refractivity contribution < 1.29 is 23.0 Å². The molecule has 0 amide bonds. The molecular weight excluding hydrogens is 336 g/mol. The topological polar surface area (TPSA) is 39.7 Å². The Labute approximate surface area is 125 Å². The van der Waals surface area contributed by atoms with Crippen LogP contribution in [0.25, 0.3) is 0 Å². The van der Waals surface area contributed by atoms with Gasteiger partial charge in [-0.3, -0.25) is 0 Å². The van der Waals surface area contributed by atoms with Crippen LogP contribution in [0.1, 0.15) is 5.56 Å². The van der Waals surface area contributed by atoms with Gasteiger partial charge in [0.15, 0.2) is 11.5 Å². The summed E-state index contributed by atoms with van der Waals surface area (Å²) in [5.74, 6) is 1.28. The summed E-state index contributed by atoms with van der Waals surface area (Å²) in [5, 5.41) is 3.11. The summed E-state index contributed by atoms with van der Waals surface area (Å²) in [6.45, 7) is 0.781. The minimum Gasteiger partial charge on any atom is -0.493 e. The van der Waals surface area contributed by atoms with Gasteiger partial charge in [0, 0.05) is 17.6 Å². The largest absolute Gasteiger partial charge is 0.493 e. The first-order valence-electron chi connectivity index (χ1n) is 6.05. The van der Waals surface area contributed by atoms with E-state index >= 15 is 0 Å². The highest BCUT2D eigenvalue weighted by Gasteiger charge is 2.09. The molecule has 1 aromatic rings. The van der Waals surface area contributed by atoms with Gasteiger partial charge in [-0.2, -0.15) is 0 Å². The van der Waals surface area contributed by atoms with Gasteiger partial charge in [0.1, 0.15) is 6.61 Å². The quantitative estimate of drug-likeness (QED) is 0.693. The number of ether oxygens (including phenoxy) is 3. The van der Waals surface area contributed by atoms with Crippen molar-refractivity contribution in [2.24, 2.45) is 0 Å². The summed E-state index contributed by atoms with van der Waals surface area (Å²) >= 11 is 3.45. The van der Waals surface area contributed by atoms with Gasteiger partial charge in [0.2, 0.25) is 0 Å². The van der Waals surface area contributed by atoms with Crippen molar-refractivity contribution in [3.05, 3.63) is 22.2 Å². The Kier molecular flexibility index (Phi) is 7.79. The number of rotatable bonds is 9. The van der Waals surface area contributed by atoms with Crippen LogP contribution in [0.4, 0.5) is 8.78 Å². The number of hydrogen-bond donors (Lipinski definition) is 1. The predicted molar refractivity (Wildman–Crippen MR) is 75.8 cm³/mol. The van der Waals surface area contributed by atoms with Gasteiger partial charge in [-0.1, -0.05) is 15.9 Å². The first kappa shape index (κ1) is 17.1. The zero-order chi connectivity index (χ0) is 15.0. The molecule has 0 bridgehead atoms. The molecule has 7 heteroatoms. The van der Waals surface area contributed by atoms with Gasteiger partial charge in [0.05, 0.1) is 20.8 Å². The number of benzene rings is 1. The average Bonchev–Trinajstić information content (AvgIpc) is 2.43. The molecule has 0 spiro atoms. The molecule has 1 rings (SSSR count). The van der Waals surface area contributed by atoms with E-state index in [0.717, 1.165) is 10.0 Å². The molecule has 0 heterocycles. The summed E-state index contributed by atoms with van der Waals surface area (Å²) < 4.78 is 39.7. The second kappa shape index (κ2) is 9.10. The molecule has 0 radical (unpaired) electrons. The highest BCUT2D eigenvalue weighted by atomic mass is 79.9. The molecule has 0 aromatic heterocycles. The zero-order valence-electron chi connectivity index (χ0n) is 11.4. The van der Waals surface area contributed by atoms with Crippen molar-refractivity contribution in [1.82, 2.24) is 5.32 Å². The van der Waals surface area contributed by atoms with Crippen LogP contribution in [-0.2, 0) is 11.3 Å². The molecule has 0 unspecified atom stereocenters. The second-order valence-corrected chi connectivity index (χ2v) is 4.80. The highest BCUT2D eigenvalue weighted by molar-refractivity contribution is 9.10. The molecule has 0 aliphatic rings. The predicted octanol–water partition coefficient (Wildman–Crippen LogP) is 2.84. The third-order valence-electron chi connectivity index (χ3n) is 2.54. The second-order valence-electron chi connectivity index (χ2n) is 3.94. The van der Waals surface area contributed by atoms with Gasteiger partial charge in [-0.05, 0) is 17.7 Å². The summed E-state index contributed by atoms with van der Waals surface area (Å²) in [6, 6.07) is 3.68. The standard InChI is InChI=1S/C13H18BrF2NO3/c1-18-11-5-9(10(14)6-12(11)19-2)7-17-3-4-20-8-13(15)16/h5-6,13,17H,3-4,7-8H2,1-2H3. The van der Waals surface area contributed by atoms with E-state index in [1.165, 1.54) is 0 Å². The monoisotopic (exact) mass is 353 g/mol. The number of halogens is 3. The van der Waals surface area contributed by atoms with E-state index in [1.807, 2.05) is 12.1 Å². The van der Waals surface area contributed by atoms with Crippen LogP contribution >= 0.6 is 15.9 Å². The lowest BCUT2D eigenvalue weighted by molar-refractivity contribution is 0.0187. The Balaban J connectivity index is 2.43. The molecule has 1 aromatic carbocycles. The smallest absolute Gasteiger partial charge is 0.261 e. The summed E-state index contributed by atoms with van der Waals surface area (Å²) in [6.07, 6.45) is -2.42. The first-order chi connectivity index (χ1) is 9.58. The fourth-order valence-corrected chi connectivity index (χ4v) is 2.03. The lowest BCUT2D eigenvalue weighted by Crippen LogP contribution is -2.20. The van der Waals surface area contributed by atoms with E-state index in [1.54, 1.807) is 14.2 Å². The maximum absolute atomic E-state index is 11.8. The minimum absolute atomic E-state index is 0.245. The minimum atomic E-state index is -2.42. The van der Waals surface area contributed by atoms with Crippen molar-refractivity contribution in [1.29, 1.82) is 0 Å². The molecule has 20 heavy (non-hydrogen) atoms. The molecule has 1 N–H and O–H groups in total. The molecule has 0 fully saturated rings. The van der Waals surface area contributed by atoms with Gasteiger partial charge in [-0.25, -0.2) is 8.78 Å². The number of alkyl halides is 2. The molecule has 4 nitrogen and oxygen atoms in total. The summed E-state index contributed by atoms with van der Waals surface area (Å²) in [7, 11) is 3.14. The van der Waals surface area contributed by atoms with Crippen LogP contribution < -0.4 is 14.8 Å². The summed E-state index contributed by atoms with van der Waals surface area (Å²) in [5.41, 5.74) is 0.983. The van der Waals surface area contributed by atoms with Crippen LogP contribution in [0.15, 0.2) is 16.6 Å². The summed E-state index contributed by atoms with van der Waals surface area (Å²) in [4.78, 5) is 0. The number of nitrogens with one attached hydrogen (secondary N) is 1. The Morgan fingerprint density at radius 3 is 2.45 bits per heavy atom. The fraction of sp³-hybridized carbons (Fsp3) is 0.538. The Bertz CT molecular complexity index is 419. The van der Waals surface area contributed by atoms with E-state index in [9.17, 15) is 8.78 Å². The molecule has 0 saturated carbocycles. The van der Waals surface area contributed by atoms with E-state index in [-0.39, 0.29) is 6.61 Å². The average molecular weight is 354 g/mol. The van der Waals surface area contributed by atoms with E-state index in [0.29, 0.717) is 24.6 Å². The Morgan fingerprint density at radius 1 is 1.20 bits per heavy atom. The normalized spacial score (nSPS) is 10.9. The molecule has 0 aliphatic heterocycles. The number of hydrogen-bond acceptors (Lipinski definition) is 4. The fourth-order valence-electron chi connectivity index (χ4n) is 1.57. The van der Waals surface area contributed by atoms with Crippen LogP contribution in [0.3, 0.4) is 0 Å². The SMILES string of the molecule is COc1cc(Br)c(CNCCOCC(F)F)cc1OC. The molecule has 114 valence electrons. The van der Waals surface area contributed by atoms with E-state index in [2.05, 4.69) is 21.2 Å². The van der Waals surface area contributed by atoms with Crippen LogP contribution in [-0.4, -0.2) is 40.4 Å². The van der Waals surface area contributed by atoms with Gasteiger partial charge in [0.25, 0.3) is 6.43 Å². The van der Waals surface area contributed by atoms with Gasteiger partial charge < -0.3 is 19.5 Å². The maximum atomic E-state index is 11.8. The highest BCUT2D eigenvalue weighted by Crippen LogP contribution is 2.33. The van der Waals surface area contributed by atoms with Gasteiger partial charge >= 0.3 is 0 Å². The van der Waals surface area contributed by atoms with Crippen LogP contribution in [0.5, 0.6) is 11.5 Å². The molecule has 0 aliphatic carbocycles. The molecular formula is C13H18BrF2NO3. The Morgan fingerprint density at radius 2 is 1.85 bits per heavy atom. The van der Waals surface area contributed by atoms with Crippen molar-refractivity contribution in [3.8, 4) is 11.5 Å². The van der Waals surface area contributed by atoms with Crippen LogP contribution in [0.2, 0.25) is 0 Å². The van der Waals surface area contributed by atoms with Crippen molar-refractivity contribution in [3.63, 3.8) is 0 Å².